The van der Waals surface area contributed by atoms with E-state index in [4.69, 9.17) is 14.5 Å². The van der Waals surface area contributed by atoms with Gasteiger partial charge < -0.3 is 14.8 Å². The summed E-state index contributed by atoms with van der Waals surface area (Å²) in [5.74, 6) is 0.698. The van der Waals surface area contributed by atoms with E-state index in [1.807, 2.05) is 36.6 Å². The lowest BCUT2D eigenvalue weighted by atomic mass is 10.2. The molecule has 0 aliphatic heterocycles. The molecule has 46 heavy (non-hydrogen) atoms. The summed E-state index contributed by atoms with van der Waals surface area (Å²) in [5, 5.41) is 6.68. The lowest BCUT2D eigenvalue weighted by molar-refractivity contribution is 0.0775. The van der Waals surface area contributed by atoms with Crippen LogP contribution in [0.15, 0.2) is 100 Å². The summed E-state index contributed by atoms with van der Waals surface area (Å²) in [6, 6.07) is 18.5. The third-order valence-corrected chi connectivity index (χ3v) is 10.0. The molecule has 0 amide bonds. The van der Waals surface area contributed by atoms with E-state index >= 15 is 0 Å². The molecule has 0 fully saturated rings. The lowest BCUT2D eigenvalue weighted by Crippen LogP contribution is -2.15. The Morgan fingerprint density at radius 2 is 1.89 bits per heavy atom. The molecule has 0 aliphatic carbocycles. The fraction of sp³-hybridized carbons (Fsp3) is 0.156. The van der Waals surface area contributed by atoms with Crippen molar-refractivity contribution >= 4 is 59.5 Å². The first-order valence-electron chi connectivity index (χ1n) is 14.0. The summed E-state index contributed by atoms with van der Waals surface area (Å²) in [5.41, 5.74) is 3.41. The number of ether oxygens (including phenoxy) is 2. The van der Waals surface area contributed by atoms with Crippen molar-refractivity contribution in [1.29, 1.82) is 0 Å². The van der Waals surface area contributed by atoms with Gasteiger partial charge in [0, 0.05) is 22.7 Å². The van der Waals surface area contributed by atoms with Crippen LogP contribution < -0.4 is 10.1 Å². The molecule has 1 N–H and O–H groups in total. The predicted molar refractivity (Wildman–Crippen MR) is 177 cm³/mol. The Bertz CT molecular complexity index is 2100. The summed E-state index contributed by atoms with van der Waals surface area (Å²) in [6.07, 6.45) is 4.16. The SMILES string of the molecule is CC(OCCS(=O)(=O)c1ccccn1)c1nc(-c2cc3c(Nc4ccc(OCc5cccc(F)c5)c(Br)c4)ncnc3cn2)cs1. The van der Waals surface area contributed by atoms with Gasteiger partial charge in [0.05, 0.1) is 39.9 Å². The van der Waals surface area contributed by atoms with E-state index in [0.717, 1.165) is 21.1 Å². The molecule has 6 rings (SSSR count). The Morgan fingerprint density at radius 1 is 1.00 bits per heavy atom. The normalized spacial score (nSPS) is 12.2. The molecule has 0 saturated heterocycles. The number of hydrogen-bond donors (Lipinski definition) is 1. The first kappa shape index (κ1) is 31.6. The van der Waals surface area contributed by atoms with Gasteiger partial charge in [-0.3, -0.25) is 4.98 Å². The van der Waals surface area contributed by atoms with Crippen LogP contribution in [0.5, 0.6) is 5.75 Å². The molecule has 6 aromatic rings. The number of halogens is 2. The Morgan fingerprint density at radius 3 is 2.70 bits per heavy atom. The van der Waals surface area contributed by atoms with Gasteiger partial charge in [-0.25, -0.2) is 32.7 Å². The Kier molecular flexibility index (Phi) is 9.59. The first-order valence-corrected chi connectivity index (χ1v) is 17.3. The van der Waals surface area contributed by atoms with Crippen molar-refractivity contribution < 1.29 is 22.3 Å². The average Bonchev–Trinajstić information content (AvgIpc) is 3.56. The molecule has 0 spiro atoms. The maximum absolute atomic E-state index is 13.5. The number of hydrogen-bond acceptors (Lipinski definition) is 11. The molecule has 0 radical (unpaired) electrons. The van der Waals surface area contributed by atoms with Crippen molar-refractivity contribution in [3.05, 3.63) is 112 Å². The highest BCUT2D eigenvalue weighted by Crippen LogP contribution is 2.33. The maximum atomic E-state index is 13.5. The van der Waals surface area contributed by atoms with Crippen molar-refractivity contribution in [3.63, 3.8) is 0 Å². The number of benzene rings is 2. The third kappa shape index (κ3) is 7.53. The minimum atomic E-state index is -3.54. The third-order valence-electron chi connectivity index (χ3n) is 6.81. The second kappa shape index (κ2) is 14.0. The molecular weight excluding hydrogens is 695 g/mol. The van der Waals surface area contributed by atoms with Crippen molar-refractivity contribution in [2.24, 2.45) is 0 Å². The second-order valence-electron chi connectivity index (χ2n) is 10.1. The molecule has 1 atom stereocenters. The Hall–Kier alpha value is -4.37. The molecule has 14 heteroatoms. The van der Waals surface area contributed by atoms with Crippen molar-refractivity contribution in [2.45, 2.75) is 24.7 Å². The highest BCUT2D eigenvalue weighted by atomic mass is 79.9. The molecule has 10 nitrogen and oxygen atoms in total. The summed E-state index contributed by atoms with van der Waals surface area (Å²) in [6.45, 7) is 2.06. The fourth-order valence-electron chi connectivity index (χ4n) is 4.45. The zero-order valence-electron chi connectivity index (χ0n) is 24.3. The van der Waals surface area contributed by atoms with Crippen LogP contribution in [0.3, 0.4) is 0 Å². The van der Waals surface area contributed by atoms with E-state index in [2.05, 4.69) is 41.2 Å². The van der Waals surface area contributed by atoms with Gasteiger partial charge in [0.25, 0.3) is 0 Å². The number of thiazole rings is 1. The molecule has 234 valence electrons. The number of aromatic nitrogens is 5. The Labute approximate surface area is 276 Å². The van der Waals surface area contributed by atoms with E-state index in [-0.39, 0.29) is 29.8 Å². The standard InChI is InChI=1S/C32H26BrFN6O4S2/c1-20(43-11-12-46(41,42)30-7-2-3-10-35-30)32-40-28(18-45-32)26-15-24-27(16-36-26)37-19-38-31(24)39-23-8-9-29(25(33)14-23)44-17-21-5-4-6-22(34)13-21/h2-10,13-16,18-20H,11-12,17H2,1H3,(H,37,38,39). The zero-order valence-corrected chi connectivity index (χ0v) is 27.5. The van der Waals surface area contributed by atoms with Gasteiger partial charge in [0.1, 0.15) is 41.4 Å². The number of sulfone groups is 1. The highest BCUT2D eigenvalue weighted by molar-refractivity contribution is 9.10. The topological polar surface area (TPSA) is 129 Å². The van der Waals surface area contributed by atoms with E-state index in [9.17, 15) is 12.8 Å². The summed E-state index contributed by atoms with van der Waals surface area (Å²) >= 11 is 4.96. The van der Waals surface area contributed by atoms with Gasteiger partial charge in [-0.1, -0.05) is 18.2 Å². The highest BCUT2D eigenvalue weighted by Gasteiger charge is 2.19. The van der Waals surface area contributed by atoms with Crippen LogP contribution >= 0.6 is 27.3 Å². The van der Waals surface area contributed by atoms with Crippen LogP contribution in [0.1, 0.15) is 23.6 Å². The molecule has 4 aromatic heterocycles. The molecule has 4 heterocycles. The molecule has 1 unspecified atom stereocenters. The summed E-state index contributed by atoms with van der Waals surface area (Å²) in [4.78, 5) is 22.0. The van der Waals surface area contributed by atoms with Crippen LogP contribution in [0.4, 0.5) is 15.9 Å². The van der Waals surface area contributed by atoms with Gasteiger partial charge in [0.2, 0.25) is 0 Å². The fourth-order valence-corrected chi connectivity index (χ4v) is 6.79. The molecular formula is C32H26BrFN6O4S2. The van der Waals surface area contributed by atoms with Crippen molar-refractivity contribution in [1.82, 2.24) is 24.9 Å². The van der Waals surface area contributed by atoms with Gasteiger partial charge in [0.15, 0.2) is 14.9 Å². The van der Waals surface area contributed by atoms with Gasteiger partial charge in [-0.2, -0.15) is 0 Å². The number of fused-ring (bicyclic) bond motifs is 1. The minimum Gasteiger partial charge on any atom is -0.488 e. The summed E-state index contributed by atoms with van der Waals surface area (Å²) < 4.78 is 50.9. The summed E-state index contributed by atoms with van der Waals surface area (Å²) in [7, 11) is -3.54. The average molecular weight is 722 g/mol. The number of anilines is 2. The van der Waals surface area contributed by atoms with Gasteiger partial charge in [-0.15, -0.1) is 11.3 Å². The van der Waals surface area contributed by atoms with Gasteiger partial charge in [-0.05, 0) is 76.9 Å². The second-order valence-corrected chi connectivity index (χ2v) is 13.9. The van der Waals surface area contributed by atoms with E-state index in [1.54, 1.807) is 30.5 Å². The number of pyridine rings is 2. The van der Waals surface area contributed by atoms with Crippen LogP contribution in [-0.4, -0.2) is 45.7 Å². The Balaban J connectivity index is 1.13. The quantitative estimate of drug-likeness (QED) is 0.137. The van der Waals surface area contributed by atoms with Crippen LogP contribution in [0.25, 0.3) is 22.3 Å². The largest absolute Gasteiger partial charge is 0.488 e. The number of rotatable bonds is 12. The van der Waals surface area contributed by atoms with Crippen molar-refractivity contribution in [3.8, 4) is 17.1 Å². The van der Waals surface area contributed by atoms with E-state index < -0.39 is 15.9 Å². The maximum Gasteiger partial charge on any atom is 0.197 e. The van der Waals surface area contributed by atoms with Crippen LogP contribution in [0, 0.1) is 5.82 Å². The van der Waals surface area contributed by atoms with Crippen LogP contribution in [-0.2, 0) is 21.2 Å². The monoisotopic (exact) mass is 720 g/mol. The van der Waals surface area contributed by atoms with Crippen LogP contribution in [0.2, 0.25) is 0 Å². The molecule has 0 bridgehead atoms. The predicted octanol–water partition coefficient (Wildman–Crippen LogP) is 7.32. The van der Waals surface area contributed by atoms with E-state index in [1.165, 1.54) is 42.1 Å². The van der Waals surface area contributed by atoms with E-state index in [0.29, 0.717) is 33.5 Å². The smallest absolute Gasteiger partial charge is 0.197 e. The zero-order chi connectivity index (χ0) is 32.1. The van der Waals surface area contributed by atoms with Crippen molar-refractivity contribution in [2.75, 3.05) is 17.7 Å². The molecule has 2 aromatic carbocycles. The minimum absolute atomic E-state index is 0.00576. The first-order chi connectivity index (χ1) is 22.2. The molecule has 0 saturated carbocycles. The molecule has 0 aliphatic rings. The lowest BCUT2D eigenvalue weighted by Gasteiger charge is -2.12. The number of nitrogens with zero attached hydrogens (tertiary/aromatic N) is 5. The number of nitrogens with one attached hydrogen (secondary N) is 1. The van der Waals surface area contributed by atoms with Gasteiger partial charge >= 0.3 is 0 Å².